The molecule has 0 spiro atoms. The fraction of sp³-hybridized carbons (Fsp3) is 0.257. The second kappa shape index (κ2) is 15.5. The molecule has 1 N–H and O–H groups in total. The largest absolute Gasteiger partial charge is 0.496 e. The number of methoxy groups -OCH3 is 2. The number of benzene rings is 3. The number of hydrogen-bond acceptors (Lipinski definition) is 9. The van der Waals surface area contributed by atoms with E-state index in [1.54, 1.807) is 50.4 Å². The van der Waals surface area contributed by atoms with Crippen LogP contribution < -0.4 is 29.1 Å². The first kappa shape index (κ1) is 35.4. The van der Waals surface area contributed by atoms with E-state index < -0.39 is 18.0 Å². The molecule has 4 aromatic rings. The van der Waals surface area contributed by atoms with Crippen molar-refractivity contribution in [3.8, 4) is 17.2 Å². The highest BCUT2D eigenvalue weighted by Gasteiger charge is 2.36. The molecule has 1 aliphatic rings. The van der Waals surface area contributed by atoms with Crippen molar-refractivity contribution in [3.63, 3.8) is 0 Å². The first-order chi connectivity index (χ1) is 23.1. The minimum absolute atomic E-state index is 0.132. The third-order valence-electron chi connectivity index (χ3n) is 7.49. The van der Waals surface area contributed by atoms with Crippen molar-refractivity contribution in [2.45, 2.75) is 39.3 Å². The van der Waals surface area contributed by atoms with Crippen LogP contribution in [0.2, 0.25) is 0 Å². The Morgan fingerprint density at radius 3 is 2.54 bits per heavy atom. The number of carbonyl (C=O) groups excluding carboxylic acids is 1. The van der Waals surface area contributed by atoms with Gasteiger partial charge in [0.15, 0.2) is 16.3 Å². The number of fused-ring (bicyclic) bond motifs is 1. The molecule has 1 atom stereocenters. The Balaban J connectivity index is 1.62. The number of aromatic carboxylic acids is 1. The first-order valence-electron chi connectivity index (χ1n) is 15.0. The fourth-order valence-electron chi connectivity index (χ4n) is 5.40. The zero-order valence-corrected chi connectivity index (χ0v) is 31.1. The van der Waals surface area contributed by atoms with E-state index in [9.17, 15) is 19.5 Å². The molecule has 10 nitrogen and oxygen atoms in total. The molecule has 2 heterocycles. The number of thiazole rings is 1. The number of carboxylic acids is 1. The Morgan fingerprint density at radius 1 is 1.08 bits per heavy atom. The molecule has 0 bridgehead atoms. The summed E-state index contributed by atoms with van der Waals surface area (Å²) in [6.07, 6.45) is 3.01. The molecule has 0 aliphatic carbocycles. The van der Waals surface area contributed by atoms with Crippen molar-refractivity contribution in [2.24, 2.45) is 4.99 Å². The van der Waals surface area contributed by atoms with E-state index in [1.165, 1.54) is 29.1 Å². The van der Waals surface area contributed by atoms with Crippen molar-refractivity contribution in [3.05, 3.63) is 116 Å². The van der Waals surface area contributed by atoms with Gasteiger partial charge in [0.25, 0.3) is 5.56 Å². The average Bonchev–Trinajstić information content (AvgIpc) is 3.37. The number of hydrogen-bond donors (Lipinski definition) is 1. The number of carbonyl (C=O) groups is 2. The van der Waals surface area contributed by atoms with Gasteiger partial charge in [-0.3, -0.25) is 9.36 Å². The van der Waals surface area contributed by atoms with Gasteiger partial charge in [0.2, 0.25) is 0 Å². The average molecular weight is 848 g/mol. The lowest BCUT2D eigenvalue weighted by Gasteiger charge is -2.27. The summed E-state index contributed by atoms with van der Waals surface area (Å²) >= 11 is 6.92. The van der Waals surface area contributed by atoms with Crippen LogP contribution in [0.3, 0.4) is 0 Å². The smallest absolute Gasteiger partial charge is 0.338 e. The van der Waals surface area contributed by atoms with Crippen molar-refractivity contribution < 1.29 is 33.6 Å². The molecule has 5 rings (SSSR count). The van der Waals surface area contributed by atoms with Crippen LogP contribution in [0.25, 0.3) is 6.08 Å². The molecule has 0 unspecified atom stereocenters. The molecule has 250 valence electrons. The second-order valence-corrected chi connectivity index (χ2v) is 13.7. The van der Waals surface area contributed by atoms with Gasteiger partial charge in [0, 0.05) is 10.0 Å². The summed E-state index contributed by atoms with van der Waals surface area (Å²) in [5.41, 5.74) is 2.73. The summed E-state index contributed by atoms with van der Waals surface area (Å²) in [7, 11) is 3.07. The van der Waals surface area contributed by atoms with Crippen molar-refractivity contribution in [2.75, 3.05) is 20.8 Å². The molecule has 1 aromatic heterocycles. The van der Waals surface area contributed by atoms with Gasteiger partial charge in [-0.1, -0.05) is 52.7 Å². The van der Waals surface area contributed by atoms with Gasteiger partial charge in [-0.05, 0) is 95.6 Å². The van der Waals surface area contributed by atoms with Crippen LogP contribution in [0.1, 0.15) is 59.8 Å². The third-order valence-corrected chi connectivity index (χ3v) is 9.76. The van der Waals surface area contributed by atoms with Crippen molar-refractivity contribution in [1.82, 2.24) is 4.57 Å². The highest BCUT2D eigenvalue weighted by molar-refractivity contribution is 14.1. The van der Waals surface area contributed by atoms with E-state index in [-0.39, 0.29) is 24.3 Å². The quantitative estimate of drug-likeness (QED) is 0.131. The topological polar surface area (TPSA) is 126 Å². The van der Waals surface area contributed by atoms with E-state index in [1.807, 2.05) is 25.1 Å². The maximum Gasteiger partial charge on any atom is 0.338 e. The second-order valence-electron chi connectivity index (χ2n) is 10.6. The highest BCUT2D eigenvalue weighted by Crippen LogP contribution is 2.39. The van der Waals surface area contributed by atoms with Gasteiger partial charge in [-0.15, -0.1) is 0 Å². The lowest BCUT2D eigenvalue weighted by atomic mass is 9.93. The van der Waals surface area contributed by atoms with Crippen LogP contribution in [0.4, 0.5) is 0 Å². The minimum atomic E-state index is -1.01. The Kier molecular flexibility index (Phi) is 11.4. The summed E-state index contributed by atoms with van der Waals surface area (Å²) in [5.74, 6) is -0.0960. The molecular formula is C35H32BrIN2O8S. The normalized spacial score (nSPS) is 14.3. The highest BCUT2D eigenvalue weighted by atomic mass is 127. The van der Waals surface area contributed by atoms with Crippen molar-refractivity contribution >= 4 is 67.9 Å². The van der Waals surface area contributed by atoms with Crippen LogP contribution in [-0.4, -0.2) is 42.4 Å². The molecule has 3 aromatic carbocycles. The molecular weight excluding hydrogens is 815 g/mol. The third kappa shape index (κ3) is 7.37. The molecule has 13 heteroatoms. The summed E-state index contributed by atoms with van der Waals surface area (Å²) in [6.45, 7) is 4.05. The molecule has 0 radical (unpaired) electrons. The van der Waals surface area contributed by atoms with Gasteiger partial charge in [-0.2, -0.15) is 0 Å². The van der Waals surface area contributed by atoms with Crippen molar-refractivity contribution in [1.29, 1.82) is 0 Å². The van der Waals surface area contributed by atoms with Gasteiger partial charge in [0.05, 0.1) is 45.8 Å². The van der Waals surface area contributed by atoms with E-state index in [4.69, 9.17) is 23.9 Å². The summed E-state index contributed by atoms with van der Waals surface area (Å²) < 4.78 is 26.4. The number of aromatic nitrogens is 1. The maximum atomic E-state index is 14.3. The fourth-order valence-corrected chi connectivity index (χ4v) is 7.58. The number of ether oxygens (including phenoxy) is 4. The van der Waals surface area contributed by atoms with E-state index in [0.29, 0.717) is 61.0 Å². The van der Waals surface area contributed by atoms with Crippen LogP contribution >= 0.6 is 49.9 Å². The Hall–Kier alpha value is -3.95. The Bertz CT molecular complexity index is 2110. The SMILES string of the molecule is CCCC1=C(C(=O)OCC)[C@H](c2cc(Br)ccc2OC)n2c(s/c(=C/c3cc(I)c(OCc4cccc(C(=O)O)c4)c(OC)c3)c2=O)=N1. The number of esters is 1. The predicted octanol–water partition coefficient (Wildman–Crippen LogP) is 6.24. The first-order valence-corrected chi connectivity index (χ1v) is 17.7. The Labute approximate surface area is 302 Å². The van der Waals surface area contributed by atoms with Crippen LogP contribution in [0, 0.1) is 3.57 Å². The van der Waals surface area contributed by atoms with Crippen LogP contribution in [-0.2, 0) is 16.1 Å². The molecule has 0 amide bonds. The summed E-state index contributed by atoms with van der Waals surface area (Å²) in [6, 6.07) is 14.8. The lowest BCUT2D eigenvalue weighted by molar-refractivity contribution is -0.139. The molecule has 0 saturated heterocycles. The zero-order chi connectivity index (χ0) is 34.5. The van der Waals surface area contributed by atoms with E-state index >= 15 is 0 Å². The van der Waals surface area contributed by atoms with Gasteiger partial charge in [0.1, 0.15) is 18.4 Å². The summed E-state index contributed by atoms with van der Waals surface area (Å²) in [5, 5.41) is 9.32. The monoisotopic (exact) mass is 846 g/mol. The number of nitrogens with zero attached hydrogens (tertiary/aromatic N) is 2. The van der Waals surface area contributed by atoms with E-state index in [2.05, 4.69) is 38.5 Å². The number of allylic oxidation sites excluding steroid dienone is 1. The maximum absolute atomic E-state index is 14.3. The zero-order valence-electron chi connectivity index (χ0n) is 26.5. The molecule has 48 heavy (non-hydrogen) atoms. The molecule has 0 saturated carbocycles. The predicted molar refractivity (Wildman–Crippen MR) is 194 cm³/mol. The van der Waals surface area contributed by atoms with Crippen LogP contribution in [0.5, 0.6) is 17.2 Å². The minimum Gasteiger partial charge on any atom is -0.496 e. The van der Waals surface area contributed by atoms with E-state index in [0.717, 1.165) is 14.5 Å². The summed E-state index contributed by atoms with van der Waals surface area (Å²) in [4.78, 5) is 44.5. The molecule has 0 fully saturated rings. The van der Waals surface area contributed by atoms with Gasteiger partial charge in [-0.25, -0.2) is 14.6 Å². The standard InChI is InChI=1S/C35H32BrIN2O8S/c1-5-8-25-29(34(43)46-6-2)30(23-17-22(36)11-12-26(23)44-3)39-32(40)28(48-35(39)38-25)16-20-14-24(37)31(27(15-20)45-4)47-18-19-9-7-10-21(13-19)33(41)42/h7,9-17,30H,5-6,8,18H2,1-4H3,(H,41,42)/b28-16+/t30-/m0/s1. The number of carboxylic acid groups (broad SMARTS) is 1. The lowest BCUT2D eigenvalue weighted by Crippen LogP contribution is -2.40. The number of rotatable bonds is 12. The van der Waals surface area contributed by atoms with Gasteiger partial charge < -0.3 is 24.1 Å². The molecule has 1 aliphatic heterocycles. The van der Waals surface area contributed by atoms with Crippen LogP contribution in [0.15, 0.2) is 80.1 Å². The van der Waals surface area contributed by atoms with Gasteiger partial charge >= 0.3 is 11.9 Å². The Morgan fingerprint density at radius 2 is 1.85 bits per heavy atom. The number of halogens is 2.